The van der Waals surface area contributed by atoms with Crippen molar-refractivity contribution < 1.29 is 23.0 Å². The topological polar surface area (TPSA) is 95.2 Å². The van der Waals surface area contributed by atoms with Crippen LogP contribution >= 0.6 is 23.4 Å². The van der Waals surface area contributed by atoms with Gasteiger partial charge in [-0.2, -0.15) is 13.2 Å². The van der Waals surface area contributed by atoms with E-state index in [0.29, 0.717) is 6.07 Å². The summed E-state index contributed by atoms with van der Waals surface area (Å²) in [6, 6.07) is 0.594. The Bertz CT molecular complexity index is 861. The van der Waals surface area contributed by atoms with Crippen LogP contribution in [0.4, 0.5) is 13.2 Å². The SMILES string of the molecule is CO[C@@H](CO)CSc1c(Cl)c(C(F)(F)F)cc2c(=O)[nH]c(=O)[nH]c12. The third-order valence-corrected chi connectivity index (χ3v) is 4.93. The van der Waals surface area contributed by atoms with Gasteiger partial charge < -0.3 is 14.8 Å². The summed E-state index contributed by atoms with van der Waals surface area (Å²) in [5, 5.41) is 8.12. The van der Waals surface area contributed by atoms with Crippen LogP contribution in [-0.2, 0) is 10.9 Å². The second-order valence-corrected chi connectivity index (χ2v) is 6.16. The van der Waals surface area contributed by atoms with Crippen LogP contribution in [0.3, 0.4) is 0 Å². The van der Waals surface area contributed by atoms with Crippen molar-refractivity contribution in [3.05, 3.63) is 37.5 Å². The number of rotatable bonds is 5. The molecule has 1 aromatic heterocycles. The molecule has 0 fully saturated rings. The number of hydrogen-bond donors (Lipinski definition) is 3. The number of hydrogen-bond acceptors (Lipinski definition) is 5. The lowest BCUT2D eigenvalue weighted by atomic mass is 10.1. The Labute approximate surface area is 142 Å². The molecule has 0 bridgehead atoms. The van der Waals surface area contributed by atoms with E-state index in [1.54, 1.807) is 0 Å². The highest BCUT2D eigenvalue weighted by Gasteiger charge is 2.35. The van der Waals surface area contributed by atoms with Crippen LogP contribution < -0.4 is 11.2 Å². The molecule has 3 N–H and O–H groups in total. The average Bonchev–Trinajstić information content (AvgIpc) is 2.48. The van der Waals surface area contributed by atoms with E-state index in [1.165, 1.54) is 7.11 Å². The van der Waals surface area contributed by atoms with Gasteiger partial charge in [0.25, 0.3) is 5.56 Å². The second kappa shape index (κ2) is 7.18. The smallest absolute Gasteiger partial charge is 0.394 e. The molecule has 0 aliphatic rings. The predicted molar refractivity (Wildman–Crippen MR) is 83.8 cm³/mol. The Morgan fingerprint density at radius 3 is 2.58 bits per heavy atom. The van der Waals surface area contributed by atoms with Crippen LogP contribution in [0.2, 0.25) is 5.02 Å². The molecular weight excluding hydrogens is 373 g/mol. The molecule has 0 unspecified atom stereocenters. The summed E-state index contributed by atoms with van der Waals surface area (Å²) in [5.74, 6) is 0.0674. The lowest BCUT2D eigenvalue weighted by Gasteiger charge is -2.16. The third kappa shape index (κ3) is 3.77. The molecule has 0 saturated heterocycles. The Morgan fingerprint density at radius 1 is 1.38 bits per heavy atom. The summed E-state index contributed by atoms with van der Waals surface area (Å²) in [6.45, 7) is -0.352. The number of H-pyrrole nitrogens is 2. The first kappa shape index (κ1) is 18.8. The Kier molecular flexibility index (Phi) is 5.63. The maximum Gasteiger partial charge on any atom is 0.417 e. The zero-order valence-electron chi connectivity index (χ0n) is 12.2. The third-order valence-electron chi connectivity index (χ3n) is 3.19. The summed E-state index contributed by atoms with van der Waals surface area (Å²) < 4.78 is 44.4. The maximum atomic E-state index is 13.2. The van der Waals surface area contributed by atoms with Crippen LogP contribution in [-0.4, -0.2) is 40.6 Å². The highest BCUT2D eigenvalue weighted by atomic mass is 35.5. The summed E-state index contributed by atoms with van der Waals surface area (Å²) in [6.07, 6.45) is -5.43. The fourth-order valence-electron chi connectivity index (χ4n) is 1.97. The standard InChI is InChI=1S/C13H12ClF3N2O4S/c1-23-5(3-20)4-24-10-8(14)7(13(15,16)17)2-6-9(10)18-12(22)19-11(6)21/h2,5,20H,3-4H2,1H3,(H2,18,19,21,22)/t5-/m0/s1. The fourth-order valence-corrected chi connectivity index (χ4v) is 3.52. The normalized spacial score (nSPS) is 13.4. The molecule has 0 spiro atoms. The summed E-state index contributed by atoms with van der Waals surface area (Å²) in [5.41, 5.74) is -3.10. The van der Waals surface area contributed by atoms with Crippen molar-refractivity contribution in [3.63, 3.8) is 0 Å². The van der Waals surface area contributed by atoms with Gasteiger partial charge in [0.15, 0.2) is 0 Å². The minimum atomic E-state index is -4.78. The Balaban J connectivity index is 2.71. The molecule has 1 heterocycles. The number of nitrogens with one attached hydrogen (secondary N) is 2. The minimum Gasteiger partial charge on any atom is -0.394 e. The highest BCUT2D eigenvalue weighted by molar-refractivity contribution is 7.99. The van der Waals surface area contributed by atoms with Gasteiger partial charge in [0.2, 0.25) is 0 Å². The van der Waals surface area contributed by atoms with Crippen LogP contribution in [0.15, 0.2) is 20.6 Å². The zero-order valence-corrected chi connectivity index (χ0v) is 13.7. The number of benzene rings is 1. The molecule has 2 rings (SSSR count). The number of aliphatic hydroxyl groups excluding tert-OH is 1. The van der Waals surface area contributed by atoms with Gasteiger partial charge in [0, 0.05) is 12.9 Å². The number of ether oxygens (including phenoxy) is 1. The van der Waals surface area contributed by atoms with Crippen LogP contribution in [0, 0.1) is 0 Å². The largest absolute Gasteiger partial charge is 0.417 e. The van der Waals surface area contributed by atoms with E-state index in [-0.39, 0.29) is 28.2 Å². The fraction of sp³-hybridized carbons (Fsp3) is 0.385. The highest BCUT2D eigenvalue weighted by Crippen LogP contribution is 2.42. The number of alkyl halides is 3. The van der Waals surface area contributed by atoms with Crippen molar-refractivity contribution in [2.24, 2.45) is 0 Å². The maximum absolute atomic E-state index is 13.2. The number of aromatic amines is 2. The van der Waals surface area contributed by atoms with E-state index in [2.05, 4.69) is 4.98 Å². The molecule has 0 aliphatic heterocycles. The van der Waals surface area contributed by atoms with Gasteiger partial charge in [-0.25, -0.2) is 4.79 Å². The van der Waals surface area contributed by atoms with Gasteiger partial charge in [-0.15, -0.1) is 11.8 Å². The van der Waals surface area contributed by atoms with Gasteiger partial charge in [-0.1, -0.05) is 11.6 Å². The van der Waals surface area contributed by atoms with Crippen LogP contribution in [0.1, 0.15) is 5.56 Å². The number of methoxy groups -OCH3 is 1. The van der Waals surface area contributed by atoms with Gasteiger partial charge in [0.05, 0.1) is 39.1 Å². The zero-order chi connectivity index (χ0) is 18.1. The van der Waals surface area contributed by atoms with Gasteiger partial charge in [-0.05, 0) is 6.07 Å². The average molecular weight is 385 g/mol. The predicted octanol–water partition coefficient (Wildman–Crippen LogP) is 1.99. The molecule has 24 heavy (non-hydrogen) atoms. The van der Waals surface area contributed by atoms with E-state index < -0.39 is 34.1 Å². The van der Waals surface area contributed by atoms with Crippen LogP contribution in [0.5, 0.6) is 0 Å². The first-order valence-electron chi connectivity index (χ1n) is 6.51. The van der Waals surface area contributed by atoms with E-state index >= 15 is 0 Å². The van der Waals surface area contributed by atoms with E-state index in [9.17, 15) is 22.8 Å². The van der Waals surface area contributed by atoms with E-state index in [0.717, 1.165) is 11.8 Å². The van der Waals surface area contributed by atoms with E-state index in [1.807, 2.05) is 4.98 Å². The number of halogens is 4. The molecule has 11 heteroatoms. The molecule has 0 radical (unpaired) electrons. The van der Waals surface area contributed by atoms with E-state index in [4.69, 9.17) is 21.4 Å². The Morgan fingerprint density at radius 2 is 2.04 bits per heavy atom. The Hall–Kier alpha value is -1.49. The van der Waals surface area contributed by atoms with Crippen molar-refractivity contribution in [1.29, 1.82) is 0 Å². The first-order valence-corrected chi connectivity index (χ1v) is 7.87. The molecule has 0 aliphatic carbocycles. The van der Waals surface area contributed by atoms with Crippen molar-refractivity contribution in [2.45, 2.75) is 17.2 Å². The number of aromatic nitrogens is 2. The molecule has 1 atom stereocenters. The summed E-state index contributed by atoms with van der Waals surface area (Å²) in [7, 11) is 1.33. The number of fused-ring (bicyclic) bond motifs is 1. The number of aliphatic hydroxyl groups is 1. The minimum absolute atomic E-state index is 0.0674. The van der Waals surface area contributed by atoms with Crippen molar-refractivity contribution in [2.75, 3.05) is 19.5 Å². The molecular formula is C13H12ClF3N2O4S. The molecule has 0 amide bonds. The summed E-state index contributed by atoms with van der Waals surface area (Å²) in [4.78, 5) is 27.3. The monoisotopic (exact) mass is 384 g/mol. The molecule has 132 valence electrons. The molecule has 1 aromatic carbocycles. The lowest BCUT2D eigenvalue weighted by Crippen LogP contribution is -2.23. The van der Waals surface area contributed by atoms with Crippen molar-refractivity contribution >= 4 is 34.3 Å². The van der Waals surface area contributed by atoms with Gasteiger partial charge in [0.1, 0.15) is 0 Å². The van der Waals surface area contributed by atoms with Gasteiger partial charge in [-0.3, -0.25) is 9.78 Å². The lowest BCUT2D eigenvalue weighted by molar-refractivity contribution is -0.137. The second-order valence-electron chi connectivity index (χ2n) is 4.75. The van der Waals surface area contributed by atoms with Crippen molar-refractivity contribution in [1.82, 2.24) is 9.97 Å². The summed E-state index contributed by atoms with van der Waals surface area (Å²) >= 11 is 6.71. The number of thioether (sulfide) groups is 1. The molecule has 2 aromatic rings. The first-order chi connectivity index (χ1) is 11.2. The molecule has 0 saturated carbocycles. The van der Waals surface area contributed by atoms with Crippen LogP contribution in [0.25, 0.3) is 10.9 Å². The van der Waals surface area contributed by atoms with Crippen molar-refractivity contribution in [3.8, 4) is 0 Å². The van der Waals surface area contributed by atoms with Gasteiger partial charge >= 0.3 is 11.9 Å². The molecule has 6 nitrogen and oxygen atoms in total. The quantitative estimate of drug-likeness (QED) is 0.685.